The zero-order valence-electron chi connectivity index (χ0n) is 30.3. The molecular formula is C44H52Cl2SiZr. The van der Waals surface area contributed by atoms with Crippen molar-refractivity contribution in [3.05, 3.63) is 132 Å². The first-order chi connectivity index (χ1) is 22.9. The molecule has 4 heteroatoms. The van der Waals surface area contributed by atoms with Crippen LogP contribution < -0.4 is 0 Å². The van der Waals surface area contributed by atoms with Gasteiger partial charge in [-0.15, -0.1) is 63.5 Å². The monoisotopic (exact) mass is 768 g/mol. The van der Waals surface area contributed by atoms with Gasteiger partial charge in [-0.3, -0.25) is 0 Å². The fourth-order valence-electron chi connectivity index (χ4n) is 5.79. The number of rotatable bonds is 5. The molecule has 6 aromatic rings. The van der Waals surface area contributed by atoms with E-state index in [1.165, 1.54) is 79.8 Å². The van der Waals surface area contributed by atoms with Crippen LogP contribution in [-0.2, 0) is 38.1 Å². The Bertz CT molecular complexity index is 1790. The molecule has 0 aliphatic carbocycles. The van der Waals surface area contributed by atoms with Crippen molar-refractivity contribution in [2.75, 3.05) is 0 Å². The van der Waals surface area contributed by atoms with Crippen LogP contribution in [0.3, 0.4) is 0 Å². The van der Waals surface area contributed by atoms with E-state index in [0.29, 0.717) is 0 Å². The molecule has 250 valence electrons. The minimum atomic E-state index is -0.826. The van der Waals surface area contributed by atoms with Crippen molar-refractivity contribution >= 4 is 48.1 Å². The van der Waals surface area contributed by atoms with Gasteiger partial charge in [0.05, 0.1) is 0 Å². The molecule has 0 N–H and O–H groups in total. The van der Waals surface area contributed by atoms with Crippen LogP contribution in [0.5, 0.6) is 0 Å². The van der Waals surface area contributed by atoms with Gasteiger partial charge < -0.3 is 0 Å². The van der Waals surface area contributed by atoms with Crippen LogP contribution in [-0.4, -0.2) is 9.52 Å². The summed E-state index contributed by atoms with van der Waals surface area (Å²) in [5.41, 5.74) is 9.95. The van der Waals surface area contributed by atoms with E-state index in [2.05, 4.69) is 177 Å². The Labute approximate surface area is 312 Å². The topological polar surface area (TPSA) is 0 Å². The number of halogens is 2. The van der Waals surface area contributed by atoms with Crippen LogP contribution in [0.1, 0.15) is 78.0 Å². The van der Waals surface area contributed by atoms with Gasteiger partial charge >= 0.3 is 37.9 Å². The molecular weight excluding hydrogens is 719 g/mol. The van der Waals surface area contributed by atoms with Gasteiger partial charge in [-0.25, -0.2) is 0 Å². The van der Waals surface area contributed by atoms with Gasteiger partial charge in [0.1, 0.15) is 0 Å². The van der Waals surface area contributed by atoms with E-state index in [1.807, 2.05) is 0 Å². The molecule has 6 aromatic carbocycles. The molecule has 0 bridgehead atoms. The van der Waals surface area contributed by atoms with Crippen LogP contribution in [0, 0.1) is 0 Å². The van der Waals surface area contributed by atoms with Gasteiger partial charge in [-0.05, 0) is 39.5 Å². The fourth-order valence-corrected chi connectivity index (χ4v) is 5.79. The average Bonchev–Trinajstić information content (AvgIpc) is 3.71. The molecule has 2 radical (unpaired) electrons. The zero-order chi connectivity index (χ0) is 35.3. The van der Waals surface area contributed by atoms with Crippen molar-refractivity contribution in [1.82, 2.24) is 0 Å². The zero-order valence-corrected chi connectivity index (χ0v) is 35.3. The Kier molecular flexibility index (Phi) is 16.1. The van der Waals surface area contributed by atoms with Crippen LogP contribution >= 0.6 is 17.0 Å². The van der Waals surface area contributed by atoms with Crippen molar-refractivity contribution in [3.8, 4) is 22.3 Å². The van der Waals surface area contributed by atoms with Crippen molar-refractivity contribution < 1.29 is 20.8 Å². The molecule has 0 fully saturated rings. The van der Waals surface area contributed by atoms with Gasteiger partial charge in [0.15, 0.2) is 0 Å². The molecule has 48 heavy (non-hydrogen) atoms. The quantitative estimate of drug-likeness (QED) is 0.121. The Morgan fingerprint density at radius 1 is 0.646 bits per heavy atom. The summed E-state index contributed by atoms with van der Waals surface area (Å²) in [5, 5.41) is 5.42. The Morgan fingerprint density at radius 3 is 1.56 bits per heavy atom. The second-order valence-corrected chi connectivity index (χ2v) is 19.1. The van der Waals surface area contributed by atoms with E-state index in [9.17, 15) is 0 Å². The predicted octanol–water partition coefficient (Wildman–Crippen LogP) is 14.6. The van der Waals surface area contributed by atoms with Gasteiger partial charge in [0, 0.05) is 9.52 Å². The maximum absolute atomic E-state index is 4.93. The molecule has 6 rings (SSSR count). The van der Waals surface area contributed by atoms with Crippen molar-refractivity contribution in [2.45, 2.75) is 91.7 Å². The SMILES string of the molecule is CC(C)(C)c1ccc(-c2cccc3[cH-]ccc23)cc1.CCCCc1cc2c(-c3ccc(C(C)(C)C)cc3)cccc2[cH-]1.C[Si]C.[Cl][Zr+2][Cl]. The summed E-state index contributed by atoms with van der Waals surface area (Å²) in [7, 11) is 11.0. The standard InChI is InChI=1S/C23H27.C19H19.C2H6Si.2ClH.Zr/c1-5-6-8-17-15-19-9-7-10-21(22(19)16-17)18-11-13-20(14-12-18)23(2,3)4;1-19(2,3)16-12-10-15(11-13-16)18-9-5-7-14-6-4-8-17(14)18;1-3-2;;;/h7,9-16H,5-6,8H2,1-4H3;4-13H,1-3H3;1-2H3;2*1H;/q2*-1;;;;+4/p-2. The van der Waals surface area contributed by atoms with E-state index in [0.717, 1.165) is 9.52 Å². The predicted molar refractivity (Wildman–Crippen MR) is 215 cm³/mol. The molecule has 0 aliphatic rings. The number of benzene rings is 4. The van der Waals surface area contributed by atoms with Gasteiger partial charge in [0.2, 0.25) is 0 Å². The van der Waals surface area contributed by atoms with Crippen LogP contribution in [0.15, 0.2) is 115 Å². The Morgan fingerprint density at radius 2 is 1.10 bits per heavy atom. The Balaban J connectivity index is 0.000000227. The third kappa shape index (κ3) is 11.4. The first kappa shape index (κ1) is 40.2. The molecule has 0 saturated carbocycles. The number of hydrogen-bond acceptors (Lipinski definition) is 0. The van der Waals surface area contributed by atoms with E-state index < -0.39 is 20.8 Å². The molecule has 0 spiro atoms. The van der Waals surface area contributed by atoms with E-state index in [4.69, 9.17) is 17.0 Å². The summed E-state index contributed by atoms with van der Waals surface area (Å²) in [6.07, 6.45) is 3.71. The van der Waals surface area contributed by atoms with Gasteiger partial charge in [-0.1, -0.05) is 146 Å². The number of fused-ring (bicyclic) bond motifs is 2. The number of hydrogen-bond donors (Lipinski definition) is 0. The molecule has 0 saturated heterocycles. The molecule has 0 unspecified atom stereocenters. The van der Waals surface area contributed by atoms with Gasteiger partial charge in [0.25, 0.3) is 0 Å². The molecule has 0 aromatic heterocycles. The molecule has 0 atom stereocenters. The fraction of sp³-hybridized carbons (Fsp3) is 0.318. The molecule has 0 heterocycles. The Hall–Kier alpha value is -2.22. The van der Waals surface area contributed by atoms with Crippen LogP contribution in [0.2, 0.25) is 13.1 Å². The average molecular weight is 771 g/mol. The van der Waals surface area contributed by atoms with Crippen molar-refractivity contribution in [2.24, 2.45) is 0 Å². The van der Waals surface area contributed by atoms with E-state index in [1.54, 1.807) is 0 Å². The molecule has 0 aliphatic heterocycles. The first-order valence-electron chi connectivity index (χ1n) is 17.0. The number of aryl methyl sites for hydroxylation is 1. The first-order valence-corrected chi connectivity index (χ1v) is 25.3. The summed E-state index contributed by atoms with van der Waals surface area (Å²) in [6, 6.07) is 42.5. The molecule has 0 nitrogen and oxygen atoms in total. The minimum absolute atomic E-state index is 0.207. The summed E-state index contributed by atoms with van der Waals surface area (Å²) in [6.45, 7) is 20.1. The maximum atomic E-state index is 4.93. The number of unbranched alkanes of at least 4 members (excludes halogenated alkanes) is 1. The molecule has 0 amide bonds. The summed E-state index contributed by atoms with van der Waals surface area (Å²) >= 11 is -0.826. The van der Waals surface area contributed by atoms with Crippen LogP contribution in [0.4, 0.5) is 0 Å². The summed E-state index contributed by atoms with van der Waals surface area (Å²) < 4.78 is 0. The third-order valence-electron chi connectivity index (χ3n) is 8.43. The second kappa shape index (κ2) is 19.2. The normalized spacial score (nSPS) is 11.1. The van der Waals surface area contributed by atoms with Gasteiger partial charge in [-0.2, -0.15) is 18.2 Å². The third-order valence-corrected chi connectivity index (χ3v) is 8.43. The second-order valence-electron chi connectivity index (χ2n) is 14.3. The summed E-state index contributed by atoms with van der Waals surface area (Å²) in [5.74, 6) is 0. The van der Waals surface area contributed by atoms with Crippen molar-refractivity contribution in [3.63, 3.8) is 0 Å². The van der Waals surface area contributed by atoms with E-state index >= 15 is 0 Å². The van der Waals surface area contributed by atoms with Crippen LogP contribution in [0.25, 0.3) is 43.8 Å². The van der Waals surface area contributed by atoms with E-state index in [-0.39, 0.29) is 10.8 Å². The van der Waals surface area contributed by atoms with Crippen molar-refractivity contribution in [1.29, 1.82) is 0 Å². The summed E-state index contributed by atoms with van der Waals surface area (Å²) in [4.78, 5) is 0.